The standard InChI is InChI=1S/C18H14ClNO2/c1-11-7-13(8-12(2)17(11)21)9-15(10-20)18(22)14-3-5-16(19)6-4-14/h3-9,21H,1-2H3/b15-9+. The van der Waals surface area contributed by atoms with E-state index in [0.717, 1.165) is 0 Å². The van der Waals surface area contributed by atoms with Crippen molar-refractivity contribution in [2.75, 3.05) is 0 Å². The van der Waals surface area contributed by atoms with Crippen LogP contribution in [-0.4, -0.2) is 10.9 Å². The summed E-state index contributed by atoms with van der Waals surface area (Å²) in [5.74, 6) is -0.137. The summed E-state index contributed by atoms with van der Waals surface area (Å²) in [6.07, 6.45) is 1.52. The van der Waals surface area contributed by atoms with Crippen molar-refractivity contribution in [1.82, 2.24) is 0 Å². The number of rotatable bonds is 3. The van der Waals surface area contributed by atoms with Gasteiger partial charge in [-0.2, -0.15) is 5.26 Å². The predicted octanol–water partition coefficient (Wildman–Crippen LogP) is 4.45. The summed E-state index contributed by atoms with van der Waals surface area (Å²) in [6, 6.07) is 11.8. The lowest BCUT2D eigenvalue weighted by Crippen LogP contribution is -2.01. The highest BCUT2D eigenvalue weighted by Crippen LogP contribution is 2.24. The fourth-order valence-corrected chi connectivity index (χ4v) is 2.27. The minimum Gasteiger partial charge on any atom is -0.507 e. The Morgan fingerprint density at radius 3 is 2.23 bits per heavy atom. The number of phenols is 1. The second kappa shape index (κ2) is 6.46. The lowest BCUT2D eigenvalue weighted by Gasteiger charge is -2.05. The second-order valence-electron chi connectivity index (χ2n) is 5.01. The number of allylic oxidation sites excluding steroid dienone is 1. The molecule has 0 unspecified atom stereocenters. The predicted molar refractivity (Wildman–Crippen MR) is 87.0 cm³/mol. The number of ketones is 1. The molecule has 0 saturated carbocycles. The van der Waals surface area contributed by atoms with Crippen LogP contribution in [0.3, 0.4) is 0 Å². The maximum absolute atomic E-state index is 12.3. The van der Waals surface area contributed by atoms with Gasteiger partial charge in [0.25, 0.3) is 0 Å². The molecule has 22 heavy (non-hydrogen) atoms. The number of benzene rings is 2. The van der Waals surface area contributed by atoms with E-state index in [0.29, 0.717) is 27.3 Å². The molecule has 0 spiro atoms. The molecule has 2 aromatic rings. The van der Waals surface area contributed by atoms with E-state index in [9.17, 15) is 15.2 Å². The molecule has 1 N–H and O–H groups in total. The van der Waals surface area contributed by atoms with Gasteiger partial charge in [-0.1, -0.05) is 11.6 Å². The van der Waals surface area contributed by atoms with Crippen LogP contribution < -0.4 is 0 Å². The van der Waals surface area contributed by atoms with Crippen LogP contribution in [0.5, 0.6) is 5.75 Å². The maximum Gasteiger partial charge on any atom is 0.203 e. The average Bonchev–Trinajstić information content (AvgIpc) is 2.50. The van der Waals surface area contributed by atoms with Gasteiger partial charge < -0.3 is 5.11 Å². The quantitative estimate of drug-likeness (QED) is 0.517. The van der Waals surface area contributed by atoms with Crippen molar-refractivity contribution in [3.63, 3.8) is 0 Å². The molecule has 0 fully saturated rings. The molecule has 0 amide bonds. The molecular formula is C18H14ClNO2. The van der Waals surface area contributed by atoms with Crippen molar-refractivity contribution in [2.24, 2.45) is 0 Å². The summed E-state index contributed by atoms with van der Waals surface area (Å²) in [5.41, 5.74) is 2.54. The van der Waals surface area contributed by atoms with Gasteiger partial charge in [0.15, 0.2) is 0 Å². The van der Waals surface area contributed by atoms with E-state index in [4.69, 9.17) is 11.6 Å². The lowest BCUT2D eigenvalue weighted by atomic mass is 9.99. The normalized spacial score (nSPS) is 11.1. The number of hydrogen-bond acceptors (Lipinski definition) is 3. The molecule has 2 rings (SSSR count). The van der Waals surface area contributed by atoms with Crippen molar-refractivity contribution in [3.05, 3.63) is 69.2 Å². The number of aryl methyl sites for hydroxylation is 2. The van der Waals surface area contributed by atoms with Gasteiger partial charge in [0.05, 0.1) is 0 Å². The number of phenolic OH excluding ortho intramolecular Hbond substituents is 1. The van der Waals surface area contributed by atoms with E-state index in [1.54, 1.807) is 50.2 Å². The Morgan fingerprint density at radius 1 is 1.18 bits per heavy atom. The molecule has 0 heterocycles. The summed E-state index contributed by atoms with van der Waals surface area (Å²) in [5, 5.41) is 19.6. The number of hydrogen-bond donors (Lipinski definition) is 1. The molecule has 0 atom stereocenters. The summed E-state index contributed by atoms with van der Waals surface area (Å²) in [7, 11) is 0. The first-order valence-electron chi connectivity index (χ1n) is 6.64. The van der Waals surface area contributed by atoms with Crippen molar-refractivity contribution in [3.8, 4) is 11.8 Å². The fraction of sp³-hybridized carbons (Fsp3) is 0.111. The summed E-state index contributed by atoms with van der Waals surface area (Å²) >= 11 is 5.79. The molecule has 4 heteroatoms. The largest absolute Gasteiger partial charge is 0.507 e. The van der Waals surface area contributed by atoms with Crippen LogP contribution in [0, 0.1) is 25.2 Å². The van der Waals surface area contributed by atoms with Crippen LogP contribution >= 0.6 is 11.6 Å². The zero-order chi connectivity index (χ0) is 16.3. The van der Waals surface area contributed by atoms with Gasteiger partial charge in [0, 0.05) is 10.6 Å². The molecule has 0 saturated heterocycles. The van der Waals surface area contributed by atoms with Gasteiger partial charge in [-0.15, -0.1) is 0 Å². The van der Waals surface area contributed by atoms with E-state index >= 15 is 0 Å². The van der Waals surface area contributed by atoms with Crippen LogP contribution in [0.2, 0.25) is 5.02 Å². The number of halogens is 1. The molecule has 3 nitrogen and oxygen atoms in total. The number of nitrogens with zero attached hydrogens (tertiary/aromatic N) is 1. The van der Waals surface area contributed by atoms with Crippen molar-refractivity contribution in [1.29, 1.82) is 5.26 Å². The Labute approximate surface area is 134 Å². The Bertz CT molecular complexity index is 776. The van der Waals surface area contributed by atoms with Gasteiger partial charge in [-0.3, -0.25) is 4.79 Å². The number of aromatic hydroxyl groups is 1. The number of carbonyl (C=O) groups is 1. The third-order valence-corrected chi connectivity index (χ3v) is 3.55. The fourth-order valence-electron chi connectivity index (χ4n) is 2.14. The van der Waals surface area contributed by atoms with Gasteiger partial charge in [-0.05, 0) is 73.0 Å². The first kappa shape index (κ1) is 15.8. The topological polar surface area (TPSA) is 61.1 Å². The van der Waals surface area contributed by atoms with E-state index < -0.39 is 0 Å². The monoisotopic (exact) mass is 311 g/mol. The van der Waals surface area contributed by atoms with Crippen molar-refractivity contribution >= 4 is 23.5 Å². The highest BCUT2D eigenvalue weighted by atomic mass is 35.5. The number of carbonyl (C=O) groups excluding carboxylic acids is 1. The second-order valence-corrected chi connectivity index (χ2v) is 5.45. The summed E-state index contributed by atoms with van der Waals surface area (Å²) in [6.45, 7) is 3.54. The minimum absolute atomic E-state index is 0.0341. The smallest absolute Gasteiger partial charge is 0.203 e. The highest BCUT2D eigenvalue weighted by Gasteiger charge is 2.12. The van der Waals surface area contributed by atoms with Crippen LogP contribution in [-0.2, 0) is 0 Å². The van der Waals surface area contributed by atoms with Gasteiger partial charge in [-0.25, -0.2) is 0 Å². The molecule has 2 aromatic carbocycles. The lowest BCUT2D eigenvalue weighted by molar-refractivity contribution is 0.104. The van der Waals surface area contributed by atoms with Crippen LogP contribution in [0.1, 0.15) is 27.0 Å². The van der Waals surface area contributed by atoms with Gasteiger partial charge in [0.1, 0.15) is 17.4 Å². The van der Waals surface area contributed by atoms with E-state index in [-0.39, 0.29) is 17.1 Å². The van der Waals surface area contributed by atoms with Crippen LogP contribution in [0.25, 0.3) is 6.08 Å². The Balaban J connectivity index is 2.41. The SMILES string of the molecule is Cc1cc(/C=C(\C#N)C(=O)c2ccc(Cl)cc2)cc(C)c1O. The molecular weight excluding hydrogens is 298 g/mol. The molecule has 0 aromatic heterocycles. The zero-order valence-electron chi connectivity index (χ0n) is 12.2. The summed E-state index contributed by atoms with van der Waals surface area (Å²) < 4.78 is 0. The molecule has 0 aliphatic rings. The molecule has 110 valence electrons. The number of Topliss-reactive ketones (excluding diaryl/α,β-unsaturated/α-hetero) is 1. The number of nitriles is 1. The zero-order valence-corrected chi connectivity index (χ0v) is 13.0. The molecule has 0 radical (unpaired) electrons. The summed E-state index contributed by atoms with van der Waals surface area (Å²) in [4.78, 5) is 12.3. The van der Waals surface area contributed by atoms with E-state index in [1.165, 1.54) is 6.08 Å². The van der Waals surface area contributed by atoms with E-state index in [2.05, 4.69) is 0 Å². The first-order chi connectivity index (χ1) is 10.4. The maximum atomic E-state index is 12.3. The first-order valence-corrected chi connectivity index (χ1v) is 7.02. The minimum atomic E-state index is -0.359. The third kappa shape index (κ3) is 3.36. The highest BCUT2D eigenvalue weighted by molar-refractivity contribution is 6.30. The van der Waals surface area contributed by atoms with E-state index in [1.807, 2.05) is 6.07 Å². The third-order valence-electron chi connectivity index (χ3n) is 3.30. The molecule has 0 bridgehead atoms. The molecule has 0 aliphatic carbocycles. The van der Waals surface area contributed by atoms with Crippen molar-refractivity contribution in [2.45, 2.75) is 13.8 Å². The Kier molecular flexibility index (Phi) is 4.65. The Hall–Kier alpha value is -2.57. The van der Waals surface area contributed by atoms with Crippen molar-refractivity contribution < 1.29 is 9.90 Å². The van der Waals surface area contributed by atoms with Crippen LogP contribution in [0.15, 0.2) is 42.0 Å². The van der Waals surface area contributed by atoms with Gasteiger partial charge >= 0.3 is 0 Å². The Morgan fingerprint density at radius 2 is 1.73 bits per heavy atom. The van der Waals surface area contributed by atoms with Crippen LogP contribution in [0.4, 0.5) is 0 Å². The average molecular weight is 312 g/mol. The molecule has 0 aliphatic heterocycles. The van der Waals surface area contributed by atoms with Gasteiger partial charge in [0.2, 0.25) is 5.78 Å².